The molecule has 2 aromatic carbocycles. The highest BCUT2D eigenvalue weighted by atomic mass is 16.2. The first-order valence-electron chi connectivity index (χ1n) is 7.40. The third kappa shape index (κ3) is 3.84. The van der Waals surface area contributed by atoms with Crippen LogP contribution in [0.25, 0.3) is 0 Å². The Hall–Kier alpha value is -3.47. The van der Waals surface area contributed by atoms with E-state index in [1.807, 2.05) is 30.3 Å². The minimum Gasteiger partial charge on any atom is -0.322 e. The molecule has 0 unspecified atom stereocenters. The smallest absolute Gasteiger partial charge is 0.257 e. The molecule has 118 valence electrons. The molecule has 3 aromatic rings. The van der Waals surface area contributed by atoms with Crippen LogP contribution in [-0.4, -0.2) is 16.8 Å². The lowest BCUT2D eigenvalue weighted by Crippen LogP contribution is -2.14. The van der Waals surface area contributed by atoms with Crippen LogP contribution in [0.4, 0.5) is 11.4 Å². The van der Waals surface area contributed by atoms with Crippen molar-refractivity contribution in [1.82, 2.24) is 4.98 Å². The largest absolute Gasteiger partial charge is 0.322 e. The van der Waals surface area contributed by atoms with Crippen molar-refractivity contribution in [3.8, 4) is 0 Å². The number of carbonyl (C=O) groups excluding carboxylic acids is 2. The number of benzene rings is 2. The fraction of sp³-hybridized carbons (Fsp3) is 0. The van der Waals surface area contributed by atoms with E-state index >= 15 is 0 Å². The molecular formula is C19H15N3O2. The fourth-order valence-corrected chi connectivity index (χ4v) is 2.16. The summed E-state index contributed by atoms with van der Waals surface area (Å²) in [7, 11) is 0. The average Bonchev–Trinajstić information content (AvgIpc) is 2.63. The topological polar surface area (TPSA) is 71.1 Å². The predicted molar refractivity (Wildman–Crippen MR) is 93.0 cm³/mol. The van der Waals surface area contributed by atoms with Gasteiger partial charge in [0.05, 0.1) is 5.56 Å². The van der Waals surface area contributed by atoms with Crippen molar-refractivity contribution >= 4 is 23.2 Å². The summed E-state index contributed by atoms with van der Waals surface area (Å²) in [5, 5.41) is 5.57. The third-order valence-electron chi connectivity index (χ3n) is 3.34. The Morgan fingerprint density at radius 2 is 1.38 bits per heavy atom. The Bertz CT molecular complexity index is 849. The Labute approximate surface area is 139 Å². The molecule has 5 nitrogen and oxygen atoms in total. The standard InChI is InChI=1S/C19H15N3O2/c23-18(21-16-8-2-1-3-9-16)14-6-4-10-17(12-14)22-19(24)15-7-5-11-20-13-15/h1-13H,(H,21,23)(H,22,24). The van der Waals surface area contributed by atoms with E-state index in [-0.39, 0.29) is 11.8 Å². The van der Waals surface area contributed by atoms with Gasteiger partial charge in [0.15, 0.2) is 0 Å². The van der Waals surface area contributed by atoms with Crippen LogP contribution in [0, 0.1) is 0 Å². The molecule has 24 heavy (non-hydrogen) atoms. The van der Waals surface area contributed by atoms with Gasteiger partial charge in [0.1, 0.15) is 0 Å². The highest BCUT2D eigenvalue weighted by Crippen LogP contribution is 2.14. The van der Waals surface area contributed by atoms with Crippen molar-refractivity contribution < 1.29 is 9.59 Å². The summed E-state index contributed by atoms with van der Waals surface area (Å²) in [4.78, 5) is 28.3. The molecule has 1 heterocycles. The number of amides is 2. The van der Waals surface area contributed by atoms with Gasteiger partial charge in [-0.05, 0) is 42.5 Å². The van der Waals surface area contributed by atoms with Gasteiger partial charge in [-0.2, -0.15) is 0 Å². The van der Waals surface area contributed by atoms with Gasteiger partial charge >= 0.3 is 0 Å². The quantitative estimate of drug-likeness (QED) is 0.772. The summed E-state index contributed by atoms with van der Waals surface area (Å²) >= 11 is 0. The van der Waals surface area contributed by atoms with Gasteiger partial charge in [-0.3, -0.25) is 14.6 Å². The molecule has 0 aliphatic heterocycles. The first-order chi connectivity index (χ1) is 11.7. The monoisotopic (exact) mass is 317 g/mol. The minimum absolute atomic E-state index is 0.237. The minimum atomic E-state index is -0.274. The van der Waals surface area contributed by atoms with E-state index in [1.54, 1.807) is 42.6 Å². The van der Waals surface area contributed by atoms with Crippen molar-refractivity contribution in [3.05, 3.63) is 90.3 Å². The number of carbonyl (C=O) groups is 2. The van der Waals surface area contributed by atoms with E-state index in [9.17, 15) is 9.59 Å². The number of para-hydroxylation sites is 1. The summed E-state index contributed by atoms with van der Waals surface area (Å²) in [5.74, 6) is -0.512. The lowest BCUT2D eigenvalue weighted by atomic mass is 10.1. The van der Waals surface area contributed by atoms with Crippen LogP contribution in [0.2, 0.25) is 0 Å². The summed E-state index contributed by atoms with van der Waals surface area (Å²) < 4.78 is 0. The van der Waals surface area contributed by atoms with Crippen molar-refractivity contribution in [2.75, 3.05) is 10.6 Å². The summed E-state index contributed by atoms with van der Waals surface area (Å²) in [5.41, 5.74) is 2.18. The van der Waals surface area contributed by atoms with Gasteiger partial charge in [-0.15, -0.1) is 0 Å². The highest BCUT2D eigenvalue weighted by Gasteiger charge is 2.09. The molecule has 0 fully saturated rings. The number of pyridine rings is 1. The Balaban J connectivity index is 1.72. The maximum Gasteiger partial charge on any atom is 0.257 e. The summed E-state index contributed by atoms with van der Waals surface area (Å²) in [6.07, 6.45) is 3.09. The van der Waals surface area contributed by atoms with Crippen molar-refractivity contribution in [2.45, 2.75) is 0 Å². The van der Waals surface area contributed by atoms with Gasteiger partial charge in [0.25, 0.3) is 11.8 Å². The molecule has 0 saturated carbocycles. The number of aromatic nitrogens is 1. The van der Waals surface area contributed by atoms with Crippen LogP contribution in [-0.2, 0) is 0 Å². The molecule has 0 spiro atoms. The van der Waals surface area contributed by atoms with Gasteiger partial charge in [0.2, 0.25) is 0 Å². The summed E-state index contributed by atoms with van der Waals surface area (Å²) in [6.45, 7) is 0. The Morgan fingerprint density at radius 3 is 2.12 bits per heavy atom. The van der Waals surface area contributed by atoms with E-state index in [2.05, 4.69) is 15.6 Å². The Morgan fingerprint density at radius 1 is 0.708 bits per heavy atom. The van der Waals surface area contributed by atoms with Gasteiger partial charge in [-0.25, -0.2) is 0 Å². The maximum atomic E-state index is 12.3. The highest BCUT2D eigenvalue weighted by molar-refractivity contribution is 6.07. The molecule has 1 aromatic heterocycles. The zero-order valence-electron chi connectivity index (χ0n) is 12.8. The normalized spacial score (nSPS) is 10.0. The van der Waals surface area contributed by atoms with Crippen LogP contribution in [0.15, 0.2) is 79.1 Å². The molecule has 5 heteroatoms. The van der Waals surface area contributed by atoms with Gasteiger partial charge < -0.3 is 10.6 Å². The van der Waals surface area contributed by atoms with E-state index in [4.69, 9.17) is 0 Å². The van der Waals surface area contributed by atoms with Crippen LogP contribution in [0.1, 0.15) is 20.7 Å². The second kappa shape index (κ2) is 7.19. The molecule has 0 aliphatic rings. The molecule has 0 atom stereocenters. The van der Waals surface area contributed by atoms with Crippen LogP contribution in [0.3, 0.4) is 0 Å². The number of rotatable bonds is 4. The first-order valence-corrected chi connectivity index (χ1v) is 7.40. The molecule has 0 aliphatic carbocycles. The zero-order valence-corrected chi connectivity index (χ0v) is 12.8. The maximum absolute atomic E-state index is 12.3. The van der Waals surface area contributed by atoms with E-state index in [0.717, 1.165) is 0 Å². The summed E-state index contributed by atoms with van der Waals surface area (Å²) in [6, 6.07) is 19.3. The third-order valence-corrected chi connectivity index (χ3v) is 3.34. The molecule has 2 N–H and O–H groups in total. The number of hydrogen-bond donors (Lipinski definition) is 2. The lowest BCUT2D eigenvalue weighted by molar-refractivity contribution is 0.101. The van der Waals surface area contributed by atoms with Crippen LogP contribution >= 0.6 is 0 Å². The van der Waals surface area contributed by atoms with Crippen molar-refractivity contribution in [3.63, 3.8) is 0 Å². The SMILES string of the molecule is O=C(Nc1cccc(C(=O)Nc2ccccc2)c1)c1cccnc1. The van der Waals surface area contributed by atoms with Crippen LogP contribution < -0.4 is 10.6 Å². The van der Waals surface area contributed by atoms with E-state index < -0.39 is 0 Å². The van der Waals surface area contributed by atoms with Crippen LogP contribution in [0.5, 0.6) is 0 Å². The number of anilines is 2. The van der Waals surface area contributed by atoms with Gasteiger partial charge in [-0.1, -0.05) is 24.3 Å². The fourth-order valence-electron chi connectivity index (χ4n) is 2.16. The number of hydrogen-bond acceptors (Lipinski definition) is 3. The second-order valence-electron chi connectivity index (χ2n) is 5.10. The van der Waals surface area contributed by atoms with E-state index in [1.165, 1.54) is 6.20 Å². The molecule has 0 radical (unpaired) electrons. The van der Waals surface area contributed by atoms with Crippen molar-refractivity contribution in [2.24, 2.45) is 0 Å². The second-order valence-corrected chi connectivity index (χ2v) is 5.10. The number of nitrogens with one attached hydrogen (secondary N) is 2. The first kappa shape index (κ1) is 15.4. The molecule has 0 saturated heterocycles. The Kier molecular flexibility index (Phi) is 4.62. The molecule has 0 bridgehead atoms. The average molecular weight is 317 g/mol. The van der Waals surface area contributed by atoms with Crippen molar-refractivity contribution in [1.29, 1.82) is 0 Å². The zero-order chi connectivity index (χ0) is 16.8. The molecule has 3 rings (SSSR count). The lowest BCUT2D eigenvalue weighted by Gasteiger charge is -2.08. The van der Waals surface area contributed by atoms with Gasteiger partial charge in [0, 0.05) is 29.3 Å². The molecule has 2 amide bonds. The molecular weight excluding hydrogens is 302 g/mol. The van der Waals surface area contributed by atoms with E-state index in [0.29, 0.717) is 22.5 Å². The predicted octanol–water partition coefficient (Wildman–Crippen LogP) is 3.59. The number of nitrogens with zero attached hydrogens (tertiary/aromatic N) is 1.